The normalized spacial score (nSPS) is 11.4. The summed E-state index contributed by atoms with van der Waals surface area (Å²) in [5.74, 6) is 0.847. The van der Waals surface area contributed by atoms with Gasteiger partial charge in [0.1, 0.15) is 12.2 Å². The highest BCUT2D eigenvalue weighted by molar-refractivity contribution is 5.77. The first-order chi connectivity index (χ1) is 17.1. The number of hydrogen-bond acceptors (Lipinski definition) is 6. The maximum Gasteiger partial charge on any atom is 0.155 e. The number of anilines is 1. The van der Waals surface area contributed by atoms with Crippen LogP contribution in [0, 0.1) is 6.92 Å². The number of aromatic nitrogens is 6. The highest BCUT2D eigenvalue weighted by atomic mass is 15.3. The molecule has 0 aliphatic carbocycles. The van der Waals surface area contributed by atoms with Crippen LogP contribution in [-0.2, 0) is 13.0 Å². The summed E-state index contributed by atoms with van der Waals surface area (Å²) in [5, 5.41) is 7.88. The molecule has 35 heavy (non-hydrogen) atoms. The van der Waals surface area contributed by atoms with Gasteiger partial charge in [-0.15, -0.1) is 0 Å². The monoisotopic (exact) mass is 466 g/mol. The topological polar surface area (TPSA) is 87.0 Å². The fourth-order valence-corrected chi connectivity index (χ4v) is 4.21. The Morgan fingerprint density at radius 1 is 1.00 bits per heavy atom. The first-order valence-corrected chi connectivity index (χ1v) is 11.9. The van der Waals surface area contributed by atoms with E-state index in [1.807, 2.05) is 43.5 Å². The van der Waals surface area contributed by atoms with Gasteiger partial charge in [0.05, 0.1) is 23.6 Å². The van der Waals surface area contributed by atoms with Crippen LogP contribution >= 0.6 is 0 Å². The zero-order chi connectivity index (χ0) is 24.2. The molecule has 0 unspecified atom stereocenters. The minimum atomic E-state index is 0.578. The Balaban J connectivity index is 1.44. The molecule has 5 rings (SSSR count). The Labute approximate surface area is 205 Å². The molecule has 0 saturated carbocycles. The molecular weight excluding hydrogens is 436 g/mol. The van der Waals surface area contributed by atoms with E-state index in [2.05, 4.69) is 63.6 Å². The van der Waals surface area contributed by atoms with Crippen LogP contribution in [-0.4, -0.2) is 55.1 Å². The zero-order valence-corrected chi connectivity index (χ0v) is 20.4. The molecule has 0 saturated heterocycles. The number of nitrogens with one attached hydrogen (secondary N) is 2. The molecule has 1 aromatic carbocycles. The molecule has 4 heterocycles. The Hall–Kier alpha value is -4.04. The van der Waals surface area contributed by atoms with Crippen molar-refractivity contribution < 1.29 is 0 Å². The van der Waals surface area contributed by atoms with Crippen molar-refractivity contribution in [2.75, 3.05) is 26.0 Å². The standard InChI is InChI=1S/C27H30N8/c1-19-8-6-12-23(31-19)27-26(21-13-14-25-29-18-30-35(25)17-21)32-24(33-27)16-28-22-11-5-4-9-20(22)10-7-15-34(2)3/h4-6,8-9,11-14,17-18,28H,7,10,15-16H2,1-3H3,(H,32,33). The quantitative estimate of drug-likeness (QED) is 0.330. The second-order valence-electron chi connectivity index (χ2n) is 8.97. The summed E-state index contributed by atoms with van der Waals surface area (Å²) in [5.41, 5.74) is 7.77. The molecule has 8 heteroatoms. The minimum absolute atomic E-state index is 0.578. The van der Waals surface area contributed by atoms with E-state index >= 15 is 0 Å². The number of benzene rings is 1. The third kappa shape index (κ3) is 5.22. The number of pyridine rings is 2. The van der Waals surface area contributed by atoms with E-state index in [1.54, 1.807) is 10.8 Å². The van der Waals surface area contributed by atoms with Gasteiger partial charge in [-0.2, -0.15) is 5.10 Å². The third-order valence-electron chi connectivity index (χ3n) is 5.96. The highest BCUT2D eigenvalue weighted by Gasteiger charge is 2.16. The summed E-state index contributed by atoms with van der Waals surface area (Å²) in [4.78, 5) is 19.7. The SMILES string of the molecule is Cc1cccc(-c2[nH]c(CNc3ccccc3CCCN(C)C)nc2-c2ccc3ncnn3c2)n1. The van der Waals surface area contributed by atoms with E-state index in [-0.39, 0.29) is 0 Å². The summed E-state index contributed by atoms with van der Waals surface area (Å²) in [6.07, 6.45) is 5.65. The van der Waals surface area contributed by atoms with Gasteiger partial charge in [-0.05, 0) is 76.3 Å². The van der Waals surface area contributed by atoms with Crippen molar-refractivity contribution >= 4 is 11.3 Å². The molecular formula is C27H30N8. The summed E-state index contributed by atoms with van der Waals surface area (Å²) >= 11 is 0. The number of rotatable bonds is 9. The minimum Gasteiger partial charge on any atom is -0.378 e. The zero-order valence-electron chi connectivity index (χ0n) is 20.4. The van der Waals surface area contributed by atoms with Gasteiger partial charge in [0.25, 0.3) is 0 Å². The summed E-state index contributed by atoms with van der Waals surface area (Å²) in [7, 11) is 4.22. The van der Waals surface area contributed by atoms with Crippen LogP contribution < -0.4 is 5.32 Å². The van der Waals surface area contributed by atoms with Crippen molar-refractivity contribution in [2.24, 2.45) is 0 Å². The van der Waals surface area contributed by atoms with E-state index in [0.29, 0.717) is 6.54 Å². The van der Waals surface area contributed by atoms with Crippen LogP contribution in [0.3, 0.4) is 0 Å². The molecule has 0 bridgehead atoms. The van der Waals surface area contributed by atoms with Crippen LogP contribution in [0.2, 0.25) is 0 Å². The van der Waals surface area contributed by atoms with Gasteiger partial charge in [-0.3, -0.25) is 4.98 Å². The number of aryl methyl sites for hydroxylation is 2. The number of H-pyrrole nitrogens is 1. The maximum atomic E-state index is 4.98. The molecule has 0 radical (unpaired) electrons. The predicted octanol–water partition coefficient (Wildman–Crippen LogP) is 4.60. The van der Waals surface area contributed by atoms with Crippen LogP contribution in [0.15, 0.2) is 67.1 Å². The average molecular weight is 467 g/mol. The predicted molar refractivity (Wildman–Crippen MR) is 139 cm³/mol. The van der Waals surface area contributed by atoms with E-state index < -0.39 is 0 Å². The van der Waals surface area contributed by atoms with E-state index in [9.17, 15) is 0 Å². The van der Waals surface area contributed by atoms with Gasteiger partial charge in [0, 0.05) is 23.1 Å². The number of nitrogens with zero attached hydrogens (tertiary/aromatic N) is 6. The molecule has 178 valence electrons. The van der Waals surface area contributed by atoms with E-state index in [4.69, 9.17) is 9.97 Å². The Morgan fingerprint density at radius 3 is 2.74 bits per heavy atom. The van der Waals surface area contributed by atoms with Crippen molar-refractivity contribution in [1.82, 2.24) is 34.4 Å². The number of para-hydroxylation sites is 1. The Bertz CT molecular complexity index is 1430. The molecule has 0 fully saturated rings. The molecule has 0 aliphatic heterocycles. The molecule has 2 N–H and O–H groups in total. The molecule has 4 aromatic heterocycles. The summed E-state index contributed by atoms with van der Waals surface area (Å²) in [6.45, 7) is 3.64. The second kappa shape index (κ2) is 10.1. The molecule has 0 atom stereocenters. The number of aromatic amines is 1. The average Bonchev–Trinajstić information content (AvgIpc) is 3.50. The lowest BCUT2D eigenvalue weighted by Crippen LogP contribution is -2.14. The van der Waals surface area contributed by atoms with Gasteiger partial charge in [-0.1, -0.05) is 24.3 Å². The lowest BCUT2D eigenvalue weighted by atomic mass is 10.1. The van der Waals surface area contributed by atoms with Crippen molar-refractivity contribution in [3.8, 4) is 22.6 Å². The molecule has 0 aliphatic rings. The molecule has 0 spiro atoms. The summed E-state index contributed by atoms with van der Waals surface area (Å²) in [6, 6.07) is 18.5. The van der Waals surface area contributed by atoms with Gasteiger partial charge in [0.2, 0.25) is 0 Å². The highest BCUT2D eigenvalue weighted by Crippen LogP contribution is 2.30. The van der Waals surface area contributed by atoms with Crippen molar-refractivity contribution in [3.63, 3.8) is 0 Å². The van der Waals surface area contributed by atoms with Crippen molar-refractivity contribution in [1.29, 1.82) is 0 Å². The smallest absolute Gasteiger partial charge is 0.155 e. The Morgan fingerprint density at radius 2 is 1.89 bits per heavy atom. The van der Waals surface area contributed by atoms with Crippen LogP contribution in [0.4, 0.5) is 5.69 Å². The second-order valence-corrected chi connectivity index (χ2v) is 8.97. The van der Waals surface area contributed by atoms with Gasteiger partial charge >= 0.3 is 0 Å². The third-order valence-corrected chi connectivity index (χ3v) is 5.96. The van der Waals surface area contributed by atoms with Crippen LogP contribution in [0.5, 0.6) is 0 Å². The van der Waals surface area contributed by atoms with E-state index in [1.165, 1.54) is 5.56 Å². The van der Waals surface area contributed by atoms with Gasteiger partial charge in [-0.25, -0.2) is 14.5 Å². The van der Waals surface area contributed by atoms with Gasteiger partial charge in [0.15, 0.2) is 5.65 Å². The van der Waals surface area contributed by atoms with Gasteiger partial charge < -0.3 is 15.2 Å². The molecule has 8 nitrogen and oxygen atoms in total. The Kier molecular flexibility index (Phi) is 6.54. The molecule has 5 aromatic rings. The number of fused-ring (bicyclic) bond motifs is 1. The fraction of sp³-hybridized carbons (Fsp3) is 0.259. The number of imidazole rings is 1. The first kappa shape index (κ1) is 22.7. The van der Waals surface area contributed by atoms with Crippen molar-refractivity contribution in [2.45, 2.75) is 26.3 Å². The number of hydrogen-bond donors (Lipinski definition) is 2. The largest absolute Gasteiger partial charge is 0.378 e. The fourth-order valence-electron chi connectivity index (χ4n) is 4.21. The maximum absolute atomic E-state index is 4.98. The summed E-state index contributed by atoms with van der Waals surface area (Å²) < 4.78 is 1.76. The lowest BCUT2D eigenvalue weighted by molar-refractivity contribution is 0.400. The molecule has 0 amide bonds. The van der Waals surface area contributed by atoms with Crippen molar-refractivity contribution in [3.05, 3.63) is 84.2 Å². The lowest BCUT2D eigenvalue weighted by Gasteiger charge is -2.13. The van der Waals surface area contributed by atoms with Crippen LogP contribution in [0.25, 0.3) is 28.3 Å². The van der Waals surface area contributed by atoms with E-state index in [0.717, 1.165) is 64.9 Å². The first-order valence-electron chi connectivity index (χ1n) is 11.9. The van der Waals surface area contributed by atoms with Crippen LogP contribution in [0.1, 0.15) is 23.5 Å².